The van der Waals surface area contributed by atoms with Crippen LogP contribution in [-0.4, -0.2) is 81.4 Å². The first-order valence-electron chi connectivity index (χ1n) is 24.3. The SMILES string of the molecule is CC(C)CCC(COC(=O)CCCCCCCCCC1(CCCCCCCCCC(=O)OCC(CCC(C)C)C(C)C)OCC(CCN2CCOCC2)O1)C(C)C. The highest BCUT2D eigenvalue weighted by Crippen LogP contribution is 2.36. The molecule has 8 nitrogen and oxygen atoms in total. The highest BCUT2D eigenvalue weighted by molar-refractivity contribution is 5.69. The van der Waals surface area contributed by atoms with E-state index in [1.807, 2.05) is 0 Å². The molecule has 0 spiro atoms. The van der Waals surface area contributed by atoms with Crippen LogP contribution in [0.1, 0.15) is 203 Å². The number of hydrogen-bond acceptors (Lipinski definition) is 8. The van der Waals surface area contributed by atoms with E-state index >= 15 is 0 Å². The second-order valence-corrected chi connectivity index (χ2v) is 19.5. The molecule has 8 heteroatoms. The lowest BCUT2D eigenvalue weighted by Crippen LogP contribution is -2.38. The Balaban J connectivity index is 1.61. The summed E-state index contributed by atoms with van der Waals surface area (Å²) in [6, 6.07) is 0. The lowest BCUT2D eigenvalue weighted by molar-refractivity contribution is -0.180. The Bertz CT molecular complexity index is 936. The largest absolute Gasteiger partial charge is 0.465 e. The highest BCUT2D eigenvalue weighted by atomic mass is 16.7. The van der Waals surface area contributed by atoms with E-state index in [2.05, 4.69) is 60.3 Å². The summed E-state index contributed by atoms with van der Waals surface area (Å²) in [6.45, 7) is 24.6. The lowest BCUT2D eigenvalue weighted by atomic mass is 9.89. The molecule has 3 unspecified atom stereocenters. The fourth-order valence-corrected chi connectivity index (χ4v) is 8.25. The first-order valence-corrected chi connectivity index (χ1v) is 24.3. The van der Waals surface area contributed by atoms with Crippen molar-refractivity contribution in [2.45, 2.75) is 215 Å². The predicted molar refractivity (Wildman–Crippen MR) is 235 cm³/mol. The minimum Gasteiger partial charge on any atom is -0.465 e. The number of carbonyl (C=O) groups is 2. The van der Waals surface area contributed by atoms with Gasteiger partial charge in [-0.3, -0.25) is 14.5 Å². The van der Waals surface area contributed by atoms with Crippen molar-refractivity contribution < 1.29 is 33.3 Å². The van der Waals surface area contributed by atoms with Gasteiger partial charge in [-0.1, -0.05) is 132 Å². The van der Waals surface area contributed by atoms with Gasteiger partial charge >= 0.3 is 11.9 Å². The maximum absolute atomic E-state index is 12.4. The van der Waals surface area contributed by atoms with Gasteiger partial charge in [-0.25, -0.2) is 0 Å². The van der Waals surface area contributed by atoms with Gasteiger partial charge in [0.1, 0.15) is 0 Å². The Morgan fingerprint density at radius 3 is 1.44 bits per heavy atom. The summed E-state index contributed by atoms with van der Waals surface area (Å²) in [6.07, 6.45) is 24.9. The maximum atomic E-state index is 12.4. The van der Waals surface area contributed by atoms with Crippen LogP contribution in [0.25, 0.3) is 0 Å². The Labute approximate surface area is 352 Å². The van der Waals surface area contributed by atoms with Crippen LogP contribution in [0.5, 0.6) is 0 Å². The Hall–Kier alpha value is -1.22. The molecule has 336 valence electrons. The highest BCUT2D eigenvalue weighted by Gasteiger charge is 2.40. The van der Waals surface area contributed by atoms with Gasteiger partial charge in [-0.15, -0.1) is 0 Å². The molecule has 2 heterocycles. The van der Waals surface area contributed by atoms with Crippen LogP contribution >= 0.6 is 0 Å². The van der Waals surface area contributed by atoms with Crippen molar-refractivity contribution in [3.63, 3.8) is 0 Å². The molecule has 2 aliphatic heterocycles. The van der Waals surface area contributed by atoms with Gasteiger partial charge in [0.05, 0.1) is 39.1 Å². The first-order chi connectivity index (χ1) is 27.4. The van der Waals surface area contributed by atoms with Crippen molar-refractivity contribution in [3.8, 4) is 0 Å². The summed E-state index contributed by atoms with van der Waals surface area (Å²) < 4.78 is 30.2. The number of hydrogen-bond donors (Lipinski definition) is 0. The molecule has 0 aliphatic carbocycles. The van der Waals surface area contributed by atoms with Gasteiger partial charge in [-0.2, -0.15) is 0 Å². The Morgan fingerprint density at radius 2 is 1.02 bits per heavy atom. The summed E-state index contributed by atoms with van der Waals surface area (Å²) in [4.78, 5) is 27.2. The number of carbonyl (C=O) groups excluding carboxylic acids is 2. The molecule has 0 aromatic heterocycles. The molecule has 2 aliphatic rings. The Kier molecular flexibility index (Phi) is 28.8. The number of rotatable bonds is 35. The molecule has 0 aromatic carbocycles. The molecule has 0 bridgehead atoms. The fraction of sp³-hybridized carbons (Fsp3) is 0.959. The van der Waals surface area contributed by atoms with E-state index in [4.69, 9.17) is 23.7 Å². The van der Waals surface area contributed by atoms with Crippen LogP contribution in [0.4, 0.5) is 0 Å². The Morgan fingerprint density at radius 1 is 0.596 bits per heavy atom. The van der Waals surface area contributed by atoms with Gasteiger partial charge in [0.2, 0.25) is 0 Å². The van der Waals surface area contributed by atoms with E-state index < -0.39 is 5.79 Å². The van der Waals surface area contributed by atoms with Crippen molar-refractivity contribution in [1.29, 1.82) is 0 Å². The number of ether oxygens (including phenoxy) is 5. The van der Waals surface area contributed by atoms with Crippen LogP contribution in [0.2, 0.25) is 0 Å². The lowest BCUT2D eigenvalue weighted by Gasteiger charge is -2.30. The van der Waals surface area contributed by atoms with Crippen molar-refractivity contribution in [2.75, 3.05) is 52.7 Å². The van der Waals surface area contributed by atoms with E-state index in [0.717, 1.165) is 103 Å². The molecule has 2 rings (SSSR count). The van der Waals surface area contributed by atoms with Crippen molar-refractivity contribution in [1.82, 2.24) is 4.90 Å². The second-order valence-electron chi connectivity index (χ2n) is 19.5. The minimum absolute atomic E-state index is 0.0211. The zero-order valence-electron chi connectivity index (χ0n) is 38.8. The molecule has 0 saturated carbocycles. The summed E-state index contributed by atoms with van der Waals surface area (Å²) >= 11 is 0. The van der Waals surface area contributed by atoms with Gasteiger partial charge in [0.15, 0.2) is 5.79 Å². The van der Waals surface area contributed by atoms with Crippen LogP contribution in [0.15, 0.2) is 0 Å². The summed E-state index contributed by atoms with van der Waals surface area (Å²) in [7, 11) is 0. The van der Waals surface area contributed by atoms with Gasteiger partial charge < -0.3 is 23.7 Å². The van der Waals surface area contributed by atoms with E-state index in [1.165, 1.54) is 64.2 Å². The smallest absolute Gasteiger partial charge is 0.305 e. The molecule has 2 fully saturated rings. The van der Waals surface area contributed by atoms with Crippen molar-refractivity contribution >= 4 is 11.9 Å². The molecule has 0 amide bonds. The monoisotopic (exact) mass is 808 g/mol. The summed E-state index contributed by atoms with van der Waals surface area (Å²) in [5.41, 5.74) is 0. The molecule has 3 atom stereocenters. The predicted octanol–water partition coefficient (Wildman–Crippen LogP) is 12.3. The summed E-state index contributed by atoms with van der Waals surface area (Å²) in [5, 5.41) is 0. The second kappa shape index (κ2) is 31.6. The number of morpholine rings is 1. The molecule has 57 heavy (non-hydrogen) atoms. The molecular weight excluding hydrogens is 715 g/mol. The molecule has 2 saturated heterocycles. The van der Waals surface area contributed by atoms with Crippen molar-refractivity contribution in [2.24, 2.45) is 35.5 Å². The third-order valence-corrected chi connectivity index (χ3v) is 12.7. The topological polar surface area (TPSA) is 83.5 Å². The van der Waals surface area contributed by atoms with Gasteiger partial charge in [0.25, 0.3) is 0 Å². The normalized spacial score (nSPS) is 20.2. The van der Waals surface area contributed by atoms with E-state index in [1.54, 1.807) is 0 Å². The minimum atomic E-state index is -0.427. The average molecular weight is 808 g/mol. The zero-order chi connectivity index (χ0) is 41.7. The maximum Gasteiger partial charge on any atom is 0.305 e. The quantitative estimate of drug-likeness (QED) is 0.0462. The van der Waals surface area contributed by atoms with Crippen LogP contribution in [0, 0.1) is 35.5 Å². The number of nitrogens with zero attached hydrogens (tertiary/aromatic N) is 1. The molecular formula is C49H93NO7. The van der Waals surface area contributed by atoms with Crippen LogP contribution in [0.3, 0.4) is 0 Å². The van der Waals surface area contributed by atoms with E-state index in [0.29, 0.717) is 68.2 Å². The van der Waals surface area contributed by atoms with Crippen LogP contribution < -0.4 is 0 Å². The average Bonchev–Trinajstić information content (AvgIpc) is 3.58. The summed E-state index contributed by atoms with van der Waals surface area (Å²) in [5.74, 6) is 2.94. The molecule has 0 radical (unpaired) electrons. The standard InChI is InChI=1S/C49H93NO7/c1-40(2)25-27-44(42(5)6)37-54-47(51)23-19-15-11-9-13-17-21-30-49(56-39-46(57-49)29-32-50-33-35-53-36-34-50)31-22-18-14-10-12-16-20-24-48(52)55-38-45(43(7)8)28-26-41(3)4/h40-46H,9-39H2,1-8H3. The first kappa shape index (κ1) is 51.9. The zero-order valence-corrected chi connectivity index (χ0v) is 38.8. The number of unbranched alkanes of at least 4 members (excludes halogenated alkanes) is 12. The third-order valence-electron chi connectivity index (χ3n) is 12.7. The van der Waals surface area contributed by atoms with Gasteiger partial charge in [0, 0.05) is 45.3 Å². The van der Waals surface area contributed by atoms with Gasteiger partial charge in [-0.05, 0) is 80.5 Å². The van der Waals surface area contributed by atoms with E-state index in [-0.39, 0.29) is 18.0 Å². The third kappa shape index (κ3) is 25.9. The van der Waals surface area contributed by atoms with E-state index in [9.17, 15) is 9.59 Å². The molecule has 0 N–H and O–H groups in total. The van der Waals surface area contributed by atoms with Crippen molar-refractivity contribution in [3.05, 3.63) is 0 Å². The molecule has 0 aromatic rings. The number of esters is 2. The van der Waals surface area contributed by atoms with Crippen LogP contribution in [-0.2, 0) is 33.3 Å². The fourth-order valence-electron chi connectivity index (χ4n) is 8.25.